The summed E-state index contributed by atoms with van der Waals surface area (Å²) < 4.78 is 0. The quantitative estimate of drug-likeness (QED) is 0.418. The zero-order chi connectivity index (χ0) is 4.50. The molecule has 0 heterocycles. The standard InChI is InChI=1S/C4H9Cl.Sn.2H/c1-4(2,3)5;;;/h1-3H3;;;. The van der Waals surface area contributed by atoms with Gasteiger partial charge in [-0.25, -0.2) is 0 Å². The van der Waals surface area contributed by atoms with Gasteiger partial charge in [0.15, 0.2) is 0 Å². The van der Waals surface area contributed by atoms with Crippen LogP contribution in [0, 0.1) is 0 Å². The molecule has 0 rings (SSSR count). The van der Waals surface area contributed by atoms with Crippen LogP contribution in [0.5, 0.6) is 0 Å². The summed E-state index contributed by atoms with van der Waals surface area (Å²) in [5.41, 5.74) is 0. The Morgan fingerprint density at radius 2 is 1.17 bits per heavy atom. The van der Waals surface area contributed by atoms with E-state index in [1.807, 2.05) is 20.8 Å². The van der Waals surface area contributed by atoms with Gasteiger partial charge in [-0.15, -0.1) is 11.6 Å². The summed E-state index contributed by atoms with van der Waals surface area (Å²) in [5.74, 6) is 0. The van der Waals surface area contributed by atoms with Crippen LogP contribution in [0.25, 0.3) is 0 Å². The molecular weight excluding hydrogens is 202 g/mol. The Balaban J connectivity index is 0. The van der Waals surface area contributed by atoms with Gasteiger partial charge in [0.1, 0.15) is 0 Å². The summed E-state index contributed by atoms with van der Waals surface area (Å²) in [7, 11) is 0. The van der Waals surface area contributed by atoms with E-state index in [0.29, 0.717) is 0 Å². The van der Waals surface area contributed by atoms with Gasteiger partial charge in [-0.3, -0.25) is 0 Å². The van der Waals surface area contributed by atoms with Crippen LogP contribution in [-0.4, -0.2) is 28.8 Å². The normalized spacial score (nSPS) is 10.0. The molecule has 2 heteroatoms. The van der Waals surface area contributed by atoms with Gasteiger partial charge in [-0.1, -0.05) is 0 Å². The van der Waals surface area contributed by atoms with Crippen molar-refractivity contribution in [2.24, 2.45) is 0 Å². The fraction of sp³-hybridized carbons (Fsp3) is 1.00. The van der Waals surface area contributed by atoms with Gasteiger partial charge in [0.25, 0.3) is 0 Å². The number of alkyl halides is 1. The summed E-state index contributed by atoms with van der Waals surface area (Å²) in [5, 5.41) is 0. The second kappa shape index (κ2) is 3.14. The second-order valence-electron chi connectivity index (χ2n) is 2.07. The molecule has 0 fully saturated rings. The molecule has 0 atom stereocenters. The molecule has 0 saturated carbocycles. The van der Waals surface area contributed by atoms with E-state index in [-0.39, 0.29) is 28.8 Å². The predicted octanol–water partition coefficient (Wildman–Crippen LogP) is 1.11. The number of hydrogen-bond donors (Lipinski definition) is 0. The number of rotatable bonds is 0. The third-order valence-electron chi connectivity index (χ3n) is 0. The van der Waals surface area contributed by atoms with Gasteiger partial charge in [-0.2, -0.15) is 0 Å². The van der Waals surface area contributed by atoms with Crippen molar-refractivity contribution in [3.8, 4) is 0 Å². The molecule has 6 heavy (non-hydrogen) atoms. The van der Waals surface area contributed by atoms with Crippen molar-refractivity contribution >= 4 is 35.5 Å². The van der Waals surface area contributed by atoms with Crippen LogP contribution in [0.2, 0.25) is 0 Å². The summed E-state index contributed by atoms with van der Waals surface area (Å²) in [6.07, 6.45) is 0. The molecule has 0 amide bonds. The van der Waals surface area contributed by atoms with Crippen molar-refractivity contribution in [2.75, 3.05) is 0 Å². The molecule has 0 aromatic rings. The molecule has 0 aromatic heterocycles. The van der Waals surface area contributed by atoms with Crippen molar-refractivity contribution in [3.63, 3.8) is 0 Å². The number of hydrogen-bond acceptors (Lipinski definition) is 0. The Kier molecular flexibility index (Phi) is 5.31. The van der Waals surface area contributed by atoms with E-state index in [2.05, 4.69) is 0 Å². The minimum absolute atomic E-state index is 0. The van der Waals surface area contributed by atoms with Crippen LogP contribution in [0.3, 0.4) is 0 Å². The van der Waals surface area contributed by atoms with E-state index in [1.165, 1.54) is 0 Å². The summed E-state index contributed by atoms with van der Waals surface area (Å²) in [6, 6.07) is 0. The van der Waals surface area contributed by atoms with E-state index >= 15 is 0 Å². The average Bonchev–Trinajstić information content (AvgIpc) is 0.722. The van der Waals surface area contributed by atoms with Crippen LogP contribution in [0.15, 0.2) is 0 Å². The van der Waals surface area contributed by atoms with Gasteiger partial charge in [0.05, 0.1) is 0 Å². The van der Waals surface area contributed by atoms with Crippen molar-refractivity contribution in [2.45, 2.75) is 25.6 Å². The van der Waals surface area contributed by atoms with E-state index in [0.717, 1.165) is 0 Å². The Morgan fingerprint density at radius 3 is 1.17 bits per heavy atom. The first-order chi connectivity index (χ1) is 2.00. The summed E-state index contributed by atoms with van der Waals surface area (Å²) in [4.78, 5) is -0.0278. The molecule has 0 saturated heterocycles. The van der Waals surface area contributed by atoms with Crippen LogP contribution in [0.1, 0.15) is 20.8 Å². The molecule has 0 aliphatic rings. The van der Waals surface area contributed by atoms with Crippen LogP contribution in [-0.2, 0) is 0 Å². The molecule has 0 aliphatic heterocycles. The first kappa shape index (κ1) is 10.1. The van der Waals surface area contributed by atoms with Gasteiger partial charge in [0.2, 0.25) is 0 Å². The van der Waals surface area contributed by atoms with Crippen molar-refractivity contribution < 1.29 is 0 Å². The topological polar surface area (TPSA) is 0 Å². The third-order valence-corrected chi connectivity index (χ3v) is 0. The van der Waals surface area contributed by atoms with Gasteiger partial charge < -0.3 is 0 Å². The van der Waals surface area contributed by atoms with Gasteiger partial charge in [0, 0.05) is 4.87 Å². The molecular formula is C4H11ClSn. The third kappa shape index (κ3) is 71.8. The van der Waals surface area contributed by atoms with E-state index in [1.54, 1.807) is 0 Å². The molecule has 0 nitrogen and oxygen atoms in total. The maximum absolute atomic E-state index is 5.53. The fourth-order valence-electron chi connectivity index (χ4n) is 0. The zero-order valence-corrected chi connectivity index (χ0v) is 9.38. The minimum atomic E-state index is -0.0278. The predicted molar refractivity (Wildman–Crippen MR) is 34.1 cm³/mol. The first-order valence-corrected chi connectivity index (χ1v) is 2.07. The maximum atomic E-state index is 5.53. The fourth-order valence-corrected chi connectivity index (χ4v) is 0. The van der Waals surface area contributed by atoms with Crippen molar-refractivity contribution in [3.05, 3.63) is 0 Å². The molecule has 2 radical (unpaired) electrons. The molecule has 0 aliphatic carbocycles. The Bertz CT molecular complexity index is 23.0. The van der Waals surface area contributed by atoms with Gasteiger partial charge >= 0.3 is 23.9 Å². The summed E-state index contributed by atoms with van der Waals surface area (Å²) in [6.45, 7) is 5.86. The summed E-state index contributed by atoms with van der Waals surface area (Å²) >= 11 is 5.53. The Morgan fingerprint density at radius 1 is 1.17 bits per heavy atom. The Labute approximate surface area is 61.2 Å². The van der Waals surface area contributed by atoms with E-state index in [4.69, 9.17) is 11.6 Å². The monoisotopic (exact) mass is 214 g/mol. The Hall–Kier alpha value is 1.09. The molecule has 0 bridgehead atoms. The number of halogens is 1. The van der Waals surface area contributed by atoms with Crippen LogP contribution in [0.4, 0.5) is 0 Å². The zero-order valence-electron chi connectivity index (χ0n) is 4.59. The molecule has 0 aromatic carbocycles. The van der Waals surface area contributed by atoms with E-state index in [9.17, 15) is 0 Å². The SMILES string of the molecule is CC(C)(C)Cl.[SnH2]. The van der Waals surface area contributed by atoms with Crippen LogP contribution < -0.4 is 0 Å². The van der Waals surface area contributed by atoms with Crippen molar-refractivity contribution in [1.29, 1.82) is 0 Å². The molecule has 38 valence electrons. The van der Waals surface area contributed by atoms with Crippen molar-refractivity contribution in [1.82, 2.24) is 0 Å². The van der Waals surface area contributed by atoms with Gasteiger partial charge in [-0.05, 0) is 20.8 Å². The average molecular weight is 213 g/mol. The van der Waals surface area contributed by atoms with E-state index < -0.39 is 0 Å². The first-order valence-electron chi connectivity index (χ1n) is 1.69. The van der Waals surface area contributed by atoms with Crippen LogP contribution >= 0.6 is 11.6 Å². The molecule has 0 unspecified atom stereocenters. The second-order valence-corrected chi connectivity index (χ2v) is 3.20. The molecule has 0 N–H and O–H groups in total. The molecule has 0 spiro atoms.